The fourth-order valence-corrected chi connectivity index (χ4v) is 2.86. The van der Waals surface area contributed by atoms with Gasteiger partial charge in [0.2, 0.25) is 0 Å². The number of nitrogens with zero attached hydrogens (tertiary/aromatic N) is 1. The number of rotatable bonds is 8. The van der Waals surface area contributed by atoms with Crippen molar-refractivity contribution in [1.82, 2.24) is 9.88 Å². The van der Waals surface area contributed by atoms with Crippen LogP contribution in [0.5, 0.6) is 0 Å². The number of nitrogens with one attached hydrogen (secondary N) is 2. The van der Waals surface area contributed by atoms with E-state index in [-0.39, 0.29) is 5.91 Å². The lowest BCUT2D eigenvalue weighted by atomic mass is 10.1. The molecular weight excluding hydrogens is 394 g/mol. The van der Waals surface area contributed by atoms with Crippen molar-refractivity contribution in [2.75, 3.05) is 18.5 Å². The van der Waals surface area contributed by atoms with Crippen molar-refractivity contribution >= 4 is 23.5 Å². The molecule has 0 aliphatic rings. The maximum absolute atomic E-state index is 12.4. The third kappa shape index (κ3) is 6.05. The quantitative estimate of drug-likeness (QED) is 0.546. The highest BCUT2D eigenvalue weighted by atomic mass is 16.5. The molecule has 2 amide bonds. The van der Waals surface area contributed by atoms with E-state index in [0.717, 1.165) is 5.69 Å². The standard InChI is InChI=1S/C24H25N3O4/c1-17(2)15-25-23(29)20-7-3-4-8-21(20)26-22(28)16-31-24(30)18-9-11-19(12-10-18)27-13-5-6-14-27/h3-14,17H,15-16H2,1-2H3,(H,25,29)(H,26,28). The fraction of sp³-hybridized carbons (Fsp3) is 0.208. The minimum atomic E-state index is -0.600. The monoisotopic (exact) mass is 419 g/mol. The Bertz CT molecular complexity index is 1040. The number of aromatic nitrogens is 1. The van der Waals surface area contributed by atoms with Crippen molar-refractivity contribution in [3.8, 4) is 5.69 Å². The van der Waals surface area contributed by atoms with E-state index in [1.54, 1.807) is 48.5 Å². The maximum Gasteiger partial charge on any atom is 0.338 e. The molecule has 0 saturated heterocycles. The van der Waals surface area contributed by atoms with Crippen LogP contribution in [0.25, 0.3) is 5.69 Å². The molecule has 1 aromatic heterocycles. The summed E-state index contributed by atoms with van der Waals surface area (Å²) in [6.45, 7) is 4.06. The number of amides is 2. The molecule has 3 aromatic rings. The van der Waals surface area contributed by atoms with Crippen LogP contribution in [0.1, 0.15) is 34.6 Å². The van der Waals surface area contributed by atoms with Gasteiger partial charge in [-0.1, -0.05) is 26.0 Å². The molecule has 0 radical (unpaired) electrons. The average Bonchev–Trinajstić information content (AvgIpc) is 3.31. The second-order valence-corrected chi connectivity index (χ2v) is 7.41. The predicted molar refractivity (Wildman–Crippen MR) is 118 cm³/mol. The van der Waals surface area contributed by atoms with Gasteiger partial charge < -0.3 is 19.9 Å². The second kappa shape index (κ2) is 10.2. The van der Waals surface area contributed by atoms with Crippen LogP contribution in [0.15, 0.2) is 73.1 Å². The molecule has 0 aliphatic carbocycles. The Kier molecular flexibility index (Phi) is 7.22. The number of ether oxygens (including phenoxy) is 1. The number of anilines is 1. The molecule has 0 unspecified atom stereocenters. The van der Waals surface area contributed by atoms with Crippen molar-refractivity contribution in [2.24, 2.45) is 5.92 Å². The lowest BCUT2D eigenvalue weighted by molar-refractivity contribution is -0.119. The number of carbonyl (C=O) groups excluding carboxylic acids is 3. The van der Waals surface area contributed by atoms with Crippen molar-refractivity contribution in [2.45, 2.75) is 13.8 Å². The number of hydrogen-bond acceptors (Lipinski definition) is 4. The third-order valence-corrected chi connectivity index (χ3v) is 4.46. The SMILES string of the molecule is CC(C)CNC(=O)c1ccccc1NC(=O)COC(=O)c1ccc(-n2cccc2)cc1. The summed E-state index contributed by atoms with van der Waals surface area (Å²) in [5, 5.41) is 5.45. The average molecular weight is 419 g/mol. The highest BCUT2D eigenvalue weighted by Gasteiger charge is 2.15. The van der Waals surface area contributed by atoms with E-state index < -0.39 is 18.5 Å². The first-order valence-electron chi connectivity index (χ1n) is 10.0. The van der Waals surface area contributed by atoms with Crippen molar-refractivity contribution in [3.05, 3.63) is 84.2 Å². The molecule has 0 atom stereocenters. The van der Waals surface area contributed by atoms with Crippen molar-refractivity contribution < 1.29 is 19.1 Å². The van der Waals surface area contributed by atoms with Gasteiger partial charge in [-0.2, -0.15) is 0 Å². The smallest absolute Gasteiger partial charge is 0.338 e. The van der Waals surface area contributed by atoms with E-state index >= 15 is 0 Å². The molecule has 160 valence electrons. The largest absolute Gasteiger partial charge is 0.452 e. The van der Waals surface area contributed by atoms with E-state index in [0.29, 0.717) is 29.3 Å². The zero-order valence-electron chi connectivity index (χ0n) is 17.5. The number of para-hydroxylation sites is 1. The molecule has 1 heterocycles. The topological polar surface area (TPSA) is 89.4 Å². The molecular formula is C24H25N3O4. The number of benzene rings is 2. The molecule has 7 nitrogen and oxygen atoms in total. The van der Waals surface area contributed by atoms with Gasteiger partial charge in [-0.15, -0.1) is 0 Å². The summed E-state index contributed by atoms with van der Waals surface area (Å²) < 4.78 is 7.03. The van der Waals surface area contributed by atoms with Gasteiger partial charge in [-0.25, -0.2) is 4.79 Å². The molecule has 0 saturated carbocycles. The lowest BCUT2D eigenvalue weighted by Gasteiger charge is -2.12. The van der Waals surface area contributed by atoms with Crippen LogP contribution in [0.3, 0.4) is 0 Å². The van der Waals surface area contributed by atoms with Gasteiger partial charge in [-0.3, -0.25) is 9.59 Å². The van der Waals surface area contributed by atoms with Crippen LogP contribution in [-0.2, 0) is 9.53 Å². The first-order chi connectivity index (χ1) is 14.9. The maximum atomic E-state index is 12.4. The number of carbonyl (C=O) groups is 3. The van der Waals surface area contributed by atoms with E-state index in [1.807, 2.05) is 42.9 Å². The van der Waals surface area contributed by atoms with Gasteiger partial charge >= 0.3 is 5.97 Å². The van der Waals surface area contributed by atoms with E-state index in [9.17, 15) is 14.4 Å². The van der Waals surface area contributed by atoms with Gasteiger partial charge in [0, 0.05) is 24.6 Å². The van der Waals surface area contributed by atoms with Crippen molar-refractivity contribution in [3.63, 3.8) is 0 Å². The van der Waals surface area contributed by atoms with Crippen LogP contribution in [0.2, 0.25) is 0 Å². The molecule has 7 heteroatoms. The summed E-state index contributed by atoms with van der Waals surface area (Å²) in [7, 11) is 0. The van der Waals surface area contributed by atoms with Gasteiger partial charge in [0.25, 0.3) is 11.8 Å². The number of hydrogen-bond donors (Lipinski definition) is 2. The summed E-state index contributed by atoms with van der Waals surface area (Å²) in [5.74, 6) is -1.09. The zero-order valence-corrected chi connectivity index (χ0v) is 17.5. The Labute approximate surface area is 181 Å². The van der Waals surface area contributed by atoms with Gasteiger partial charge in [0.15, 0.2) is 6.61 Å². The van der Waals surface area contributed by atoms with Crippen LogP contribution >= 0.6 is 0 Å². The van der Waals surface area contributed by atoms with Gasteiger partial charge in [-0.05, 0) is 54.4 Å². The molecule has 0 spiro atoms. The lowest BCUT2D eigenvalue weighted by Crippen LogP contribution is -2.29. The molecule has 31 heavy (non-hydrogen) atoms. The summed E-state index contributed by atoms with van der Waals surface area (Å²) in [5.41, 5.74) is 1.97. The summed E-state index contributed by atoms with van der Waals surface area (Å²) >= 11 is 0. The van der Waals surface area contributed by atoms with Crippen LogP contribution < -0.4 is 10.6 Å². The fourth-order valence-electron chi connectivity index (χ4n) is 2.86. The highest BCUT2D eigenvalue weighted by molar-refractivity contribution is 6.04. The Morgan fingerprint density at radius 3 is 2.29 bits per heavy atom. The minimum Gasteiger partial charge on any atom is -0.452 e. The van der Waals surface area contributed by atoms with E-state index in [2.05, 4.69) is 10.6 Å². The third-order valence-electron chi connectivity index (χ3n) is 4.46. The molecule has 2 aromatic carbocycles. The molecule has 2 N–H and O–H groups in total. The molecule has 3 rings (SSSR count). The van der Waals surface area contributed by atoms with Gasteiger partial charge in [0.05, 0.1) is 16.8 Å². The molecule has 0 fully saturated rings. The predicted octanol–water partition coefficient (Wildman–Crippen LogP) is 3.66. The van der Waals surface area contributed by atoms with Gasteiger partial charge in [0.1, 0.15) is 0 Å². The van der Waals surface area contributed by atoms with E-state index in [4.69, 9.17) is 4.74 Å². The minimum absolute atomic E-state index is 0.274. The Morgan fingerprint density at radius 1 is 0.935 bits per heavy atom. The summed E-state index contributed by atoms with van der Waals surface area (Å²) in [4.78, 5) is 36.9. The zero-order chi connectivity index (χ0) is 22.2. The second-order valence-electron chi connectivity index (χ2n) is 7.41. The Morgan fingerprint density at radius 2 is 1.61 bits per heavy atom. The number of esters is 1. The molecule has 0 bridgehead atoms. The Hall–Kier alpha value is -3.87. The Balaban J connectivity index is 1.55. The first-order valence-corrected chi connectivity index (χ1v) is 10.0. The molecule has 0 aliphatic heterocycles. The van der Waals surface area contributed by atoms with E-state index in [1.165, 1.54) is 0 Å². The van der Waals surface area contributed by atoms with Crippen LogP contribution in [0.4, 0.5) is 5.69 Å². The summed E-state index contributed by atoms with van der Waals surface area (Å²) in [6.07, 6.45) is 3.80. The van der Waals surface area contributed by atoms with Crippen LogP contribution in [0, 0.1) is 5.92 Å². The first kappa shape index (κ1) is 21.8. The summed E-state index contributed by atoms with van der Waals surface area (Å²) in [6, 6.07) is 17.4. The highest BCUT2D eigenvalue weighted by Crippen LogP contribution is 2.15. The van der Waals surface area contributed by atoms with Crippen molar-refractivity contribution in [1.29, 1.82) is 0 Å². The normalized spacial score (nSPS) is 10.5. The van der Waals surface area contributed by atoms with Crippen LogP contribution in [-0.4, -0.2) is 35.5 Å².